The number of aliphatic hydroxyl groups is 2. The molecule has 4 nitrogen and oxygen atoms in total. The molecule has 0 atom stereocenters. The minimum absolute atomic E-state index is 0.0431. The summed E-state index contributed by atoms with van der Waals surface area (Å²) in [6, 6.07) is 28.8. The van der Waals surface area contributed by atoms with Crippen LogP contribution < -0.4 is 9.47 Å². The Balaban J connectivity index is 1.76. The van der Waals surface area contributed by atoms with Crippen LogP contribution >= 0.6 is 0 Å². The Morgan fingerprint density at radius 2 is 1.09 bits per heavy atom. The summed E-state index contributed by atoms with van der Waals surface area (Å²) in [4.78, 5) is 0. The summed E-state index contributed by atoms with van der Waals surface area (Å²) < 4.78 is 11.8. The molecule has 4 aromatic rings. The van der Waals surface area contributed by atoms with Crippen molar-refractivity contribution >= 4 is 0 Å². The molecule has 0 radical (unpaired) electrons. The van der Waals surface area contributed by atoms with E-state index < -0.39 is 0 Å². The summed E-state index contributed by atoms with van der Waals surface area (Å²) in [7, 11) is 0. The molecule has 33 heavy (non-hydrogen) atoms. The topological polar surface area (TPSA) is 58.9 Å². The van der Waals surface area contributed by atoms with Crippen LogP contribution in [0.15, 0.2) is 84.9 Å². The molecule has 0 amide bonds. The molecule has 0 saturated carbocycles. The van der Waals surface area contributed by atoms with Gasteiger partial charge in [0.05, 0.1) is 13.2 Å². The Hall–Kier alpha value is -3.60. The predicted molar refractivity (Wildman–Crippen MR) is 131 cm³/mol. The number of ether oxygens (including phenoxy) is 2. The zero-order chi connectivity index (χ0) is 22.6. The average Bonchev–Trinajstić information content (AvgIpc) is 3.25. The number of para-hydroxylation sites is 2. The molecule has 1 aliphatic rings. The SMILES string of the molecule is OCCOc1ccccc1-c1ccc2c(c1-c1ccccc1OCCO)Cc1ccccc1-2. The van der Waals surface area contributed by atoms with E-state index in [1.807, 2.05) is 36.4 Å². The van der Waals surface area contributed by atoms with Crippen LogP contribution in [0.1, 0.15) is 11.1 Å². The Labute approximate surface area is 193 Å². The van der Waals surface area contributed by atoms with Crippen molar-refractivity contribution in [1.82, 2.24) is 0 Å². The lowest BCUT2D eigenvalue weighted by Gasteiger charge is -2.20. The zero-order valence-corrected chi connectivity index (χ0v) is 18.3. The first kappa shape index (κ1) is 21.3. The summed E-state index contributed by atoms with van der Waals surface area (Å²) in [5, 5.41) is 18.7. The molecule has 0 bridgehead atoms. The molecule has 0 heterocycles. The molecule has 166 valence electrons. The lowest BCUT2D eigenvalue weighted by atomic mass is 9.87. The monoisotopic (exact) mass is 438 g/mol. The van der Waals surface area contributed by atoms with E-state index in [1.165, 1.54) is 22.3 Å². The van der Waals surface area contributed by atoms with Crippen molar-refractivity contribution in [1.29, 1.82) is 0 Å². The van der Waals surface area contributed by atoms with Gasteiger partial charge in [0.1, 0.15) is 24.7 Å². The van der Waals surface area contributed by atoms with E-state index >= 15 is 0 Å². The van der Waals surface area contributed by atoms with Gasteiger partial charge in [-0.3, -0.25) is 0 Å². The minimum atomic E-state index is -0.0443. The molecular weight excluding hydrogens is 412 g/mol. The van der Waals surface area contributed by atoms with Gasteiger partial charge in [-0.15, -0.1) is 0 Å². The van der Waals surface area contributed by atoms with Gasteiger partial charge in [0.2, 0.25) is 0 Å². The third-order valence-electron chi connectivity index (χ3n) is 6.02. The second-order valence-electron chi connectivity index (χ2n) is 7.98. The Bertz CT molecular complexity index is 1280. The summed E-state index contributed by atoms with van der Waals surface area (Å²) in [6.07, 6.45) is 0.836. The Morgan fingerprint density at radius 1 is 0.545 bits per heavy atom. The number of hydrogen-bond donors (Lipinski definition) is 2. The van der Waals surface area contributed by atoms with Gasteiger partial charge in [0, 0.05) is 11.1 Å². The summed E-state index contributed by atoms with van der Waals surface area (Å²) in [6.45, 7) is 0.382. The molecule has 0 aromatic heterocycles. The molecule has 0 aliphatic heterocycles. The van der Waals surface area contributed by atoms with Gasteiger partial charge in [-0.25, -0.2) is 0 Å². The highest BCUT2D eigenvalue weighted by molar-refractivity contribution is 5.96. The fraction of sp³-hybridized carbons (Fsp3) is 0.172. The van der Waals surface area contributed by atoms with Crippen LogP contribution in [-0.4, -0.2) is 36.6 Å². The number of rotatable bonds is 8. The van der Waals surface area contributed by atoms with Gasteiger partial charge >= 0.3 is 0 Å². The fourth-order valence-electron chi connectivity index (χ4n) is 4.67. The van der Waals surface area contributed by atoms with Gasteiger partial charge in [0.25, 0.3) is 0 Å². The van der Waals surface area contributed by atoms with Gasteiger partial charge < -0.3 is 19.7 Å². The summed E-state index contributed by atoms with van der Waals surface area (Å²) >= 11 is 0. The molecule has 4 heteroatoms. The van der Waals surface area contributed by atoms with Crippen LogP contribution in [0.5, 0.6) is 11.5 Å². The van der Waals surface area contributed by atoms with Crippen LogP contribution in [-0.2, 0) is 6.42 Å². The number of hydrogen-bond acceptors (Lipinski definition) is 4. The molecular formula is C29H26O4. The van der Waals surface area contributed by atoms with Gasteiger partial charge in [-0.05, 0) is 51.9 Å². The van der Waals surface area contributed by atoms with Crippen molar-refractivity contribution in [3.05, 3.63) is 96.1 Å². The predicted octanol–water partition coefficient (Wildman–Crippen LogP) is 5.33. The molecule has 4 aromatic carbocycles. The minimum Gasteiger partial charge on any atom is -0.491 e. The highest BCUT2D eigenvalue weighted by atomic mass is 16.5. The van der Waals surface area contributed by atoms with Crippen LogP contribution in [0, 0.1) is 0 Å². The highest BCUT2D eigenvalue weighted by Gasteiger charge is 2.26. The molecule has 1 aliphatic carbocycles. The first-order chi connectivity index (χ1) is 16.3. The lowest BCUT2D eigenvalue weighted by Crippen LogP contribution is -2.05. The van der Waals surface area contributed by atoms with E-state index in [0.717, 1.165) is 40.2 Å². The van der Waals surface area contributed by atoms with E-state index in [2.05, 4.69) is 48.5 Å². The van der Waals surface area contributed by atoms with Crippen LogP contribution in [0.3, 0.4) is 0 Å². The van der Waals surface area contributed by atoms with Crippen molar-refractivity contribution in [2.45, 2.75) is 6.42 Å². The fourth-order valence-corrected chi connectivity index (χ4v) is 4.67. The molecule has 0 spiro atoms. The van der Waals surface area contributed by atoms with Crippen molar-refractivity contribution in [2.75, 3.05) is 26.4 Å². The smallest absolute Gasteiger partial charge is 0.127 e. The first-order valence-electron chi connectivity index (χ1n) is 11.2. The Morgan fingerprint density at radius 3 is 1.79 bits per heavy atom. The van der Waals surface area contributed by atoms with Crippen molar-refractivity contribution in [2.24, 2.45) is 0 Å². The maximum Gasteiger partial charge on any atom is 0.127 e. The van der Waals surface area contributed by atoms with Gasteiger partial charge in [-0.2, -0.15) is 0 Å². The maximum atomic E-state index is 9.35. The van der Waals surface area contributed by atoms with Crippen LogP contribution in [0.2, 0.25) is 0 Å². The highest BCUT2D eigenvalue weighted by Crippen LogP contribution is 2.49. The molecule has 0 saturated heterocycles. The molecule has 0 fully saturated rings. The van der Waals surface area contributed by atoms with Crippen molar-refractivity contribution in [3.8, 4) is 44.9 Å². The molecule has 0 unspecified atom stereocenters. The normalized spacial score (nSPS) is 11.7. The van der Waals surface area contributed by atoms with Crippen molar-refractivity contribution in [3.63, 3.8) is 0 Å². The zero-order valence-electron chi connectivity index (χ0n) is 18.3. The van der Waals surface area contributed by atoms with E-state index in [4.69, 9.17) is 9.47 Å². The summed E-state index contributed by atoms with van der Waals surface area (Å²) in [5.74, 6) is 1.47. The third-order valence-corrected chi connectivity index (χ3v) is 6.02. The van der Waals surface area contributed by atoms with Crippen LogP contribution in [0.4, 0.5) is 0 Å². The number of fused-ring (bicyclic) bond motifs is 3. The second-order valence-corrected chi connectivity index (χ2v) is 7.98. The quantitative estimate of drug-likeness (QED) is 0.344. The average molecular weight is 439 g/mol. The summed E-state index contributed by atoms with van der Waals surface area (Å²) in [5.41, 5.74) is 9.18. The van der Waals surface area contributed by atoms with E-state index in [-0.39, 0.29) is 26.4 Å². The van der Waals surface area contributed by atoms with Gasteiger partial charge in [0.15, 0.2) is 0 Å². The largest absolute Gasteiger partial charge is 0.491 e. The maximum absolute atomic E-state index is 9.35. The van der Waals surface area contributed by atoms with Crippen molar-refractivity contribution < 1.29 is 19.7 Å². The van der Waals surface area contributed by atoms with Gasteiger partial charge in [-0.1, -0.05) is 72.8 Å². The standard InChI is InChI=1S/C29H26O4/c30-15-17-32-27-11-5-3-9-23(27)24-14-13-22-21-8-2-1-7-20(21)19-26(22)29(24)25-10-4-6-12-28(25)33-18-16-31/h1-14,30-31H,15-19H2. The molecule has 5 rings (SSSR count). The second kappa shape index (κ2) is 9.49. The van der Waals surface area contributed by atoms with E-state index in [1.54, 1.807) is 0 Å². The lowest BCUT2D eigenvalue weighted by molar-refractivity contribution is 0.201. The number of aliphatic hydroxyl groups excluding tert-OH is 2. The third kappa shape index (κ3) is 3.99. The number of benzene rings is 4. The van der Waals surface area contributed by atoms with E-state index in [9.17, 15) is 10.2 Å². The van der Waals surface area contributed by atoms with Crippen LogP contribution in [0.25, 0.3) is 33.4 Å². The van der Waals surface area contributed by atoms with E-state index in [0.29, 0.717) is 0 Å². The Kier molecular flexibility index (Phi) is 6.11. The molecule has 2 N–H and O–H groups in total. The first-order valence-corrected chi connectivity index (χ1v) is 11.2.